The highest BCUT2D eigenvalue weighted by atomic mass is 32.1. The molecular formula is C16H26N2O16P2S2. The third-order valence-corrected chi connectivity index (χ3v) is 9.67. The Morgan fingerprint density at radius 3 is 2.37 bits per heavy atom. The molecule has 0 radical (unpaired) electrons. The van der Waals surface area contributed by atoms with Crippen molar-refractivity contribution in [1.29, 1.82) is 0 Å². The minimum atomic E-state index is -5.51. The van der Waals surface area contributed by atoms with E-state index < -0.39 is 93.1 Å². The van der Waals surface area contributed by atoms with Crippen LogP contribution in [0.15, 0.2) is 21.9 Å². The zero-order valence-corrected chi connectivity index (χ0v) is 22.8. The molecule has 22 heteroatoms. The summed E-state index contributed by atoms with van der Waals surface area (Å²) in [7, 11) is -11.0. The van der Waals surface area contributed by atoms with Crippen molar-refractivity contribution in [2.24, 2.45) is 0 Å². The summed E-state index contributed by atoms with van der Waals surface area (Å²) in [5, 5.41) is 37.5. The summed E-state index contributed by atoms with van der Waals surface area (Å²) in [4.78, 5) is 49.3. The van der Waals surface area contributed by atoms with Gasteiger partial charge in [-0.2, -0.15) is 29.6 Å². The molecule has 0 saturated carbocycles. The molecule has 18 nitrogen and oxygen atoms in total. The van der Waals surface area contributed by atoms with Crippen LogP contribution in [0.1, 0.15) is 13.2 Å². The molecule has 1 aromatic rings. The number of nitrogens with one attached hydrogen (secondary N) is 1. The van der Waals surface area contributed by atoms with Crippen molar-refractivity contribution in [3.63, 3.8) is 0 Å². The fourth-order valence-corrected chi connectivity index (χ4v) is 6.59. The normalized spacial score (nSPS) is 39.0. The maximum Gasteiger partial charge on any atom is 0.508 e. The summed E-state index contributed by atoms with van der Waals surface area (Å²) in [6.07, 6.45) is -7.97. The Kier molecular flexibility index (Phi) is 10.1. The number of H-pyrrole nitrogens is 1. The van der Waals surface area contributed by atoms with Crippen molar-refractivity contribution >= 4 is 40.9 Å². The summed E-state index contributed by atoms with van der Waals surface area (Å²) in [5.74, 6) is -2.15. The number of ether oxygens (including phenoxy) is 2. The zero-order chi connectivity index (χ0) is 28.6. The molecular weight excluding hydrogens is 602 g/mol. The van der Waals surface area contributed by atoms with Gasteiger partial charge in [0.1, 0.15) is 31.0 Å². The van der Waals surface area contributed by atoms with Crippen molar-refractivity contribution < 1.29 is 67.2 Å². The molecule has 11 atom stereocenters. The number of aromatic nitrogens is 2. The van der Waals surface area contributed by atoms with Crippen LogP contribution in [0, 0.1) is 0 Å². The van der Waals surface area contributed by atoms with Crippen LogP contribution >= 0.6 is 40.9 Å². The SMILES string of the molecule is CC1(OP(=O)(O)OP(=O)(O)OOC[C@H]2O[C@@H](n3ccc(=O)[nH]c3=O)[C@H](O)[C@@H]2O)O[C@H](CO)[C@H](O)[C@H](S)[C@H]1S. The van der Waals surface area contributed by atoms with Gasteiger partial charge >= 0.3 is 21.3 Å². The topological polar surface area (TPSA) is 266 Å². The van der Waals surface area contributed by atoms with E-state index in [1.165, 1.54) is 0 Å². The van der Waals surface area contributed by atoms with Gasteiger partial charge in [0.2, 0.25) is 0 Å². The molecule has 0 bridgehead atoms. The van der Waals surface area contributed by atoms with Gasteiger partial charge in [0.25, 0.3) is 5.56 Å². The van der Waals surface area contributed by atoms with Gasteiger partial charge in [0, 0.05) is 17.5 Å². The van der Waals surface area contributed by atoms with Gasteiger partial charge in [-0.1, -0.05) is 0 Å². The first-order valence-corrected chi connectivity index (χ1v) is 14.6. The van der Waals surface area contributed by atoms with Gasteiger partial charge in [0.05, 0.1) is 18.0 Å². The second kappa shape index (κ2) is 12.1. The highest BCUT2D eigenvalue weighted by Gasteiger charge is 2.54. The number of phosphoric ester groups is 1. The summed E-state index contributed by atoms with van der Waals surface area (Å²) in [6, 6.07) is 0.961. The Balaban J connectivity index is 1.59. The van der Waals surface area contributed by atoms with E-state index in [1.54, 1.807) is 0 Å². The molecule has 3 unspecified atom stereocenters. The van der Waals surface area contributed by atoms with Gasteiger partial charge in [0.15, 0.2) is 12.0 Å². The maximum atomic E-state index is 12.4. The molecule has 2 aliphatic rings. The molecule has 1 aromatic heterocycles. The number of rotatable bonds is 10. The van der Waals surface area contributed by atoms with E-state index in [-0.39, 0.29) is 0 Å². The minimum absolute atomic E-state index is 0.721. The maximum absolute atomic E-state index is 12.4. The highest BCUT2D eigenvalue weighted by Crippen LogP contribution is 2.63. The van der Waals surface area contributed by atoms with E-state index in [0.717, 1.165) is 23.8 Å². The standard InChI is InChI=1S/C16H26N2O16P2S2/c1-16(13(38)12(37)10(22)6(4-19)31-16)32-35(25,26)34-36(27,28)33-29-5-7-9(21)11(23)14(30-7)18-3-2-8(20)17-15(18)24/h2-3,6-7,9-14,19,21-23,37-38H,4-5H2,1H3,(H,25,26)(H,27,28)(H,17,20,24)/t6-,7-,9-,10+,11-,12+,13-,14-,16?/m1/s1. The first-order valence-electron chi connectivity index (χ1n) is 10.5. The van der Waals surface area contributed by atoms with Crippen molar-refractivity contribution in [2.45, 2.75) is 60.0 Å². The zero-order valence-electron chi connectivity index (χ0n) is 19.2. The molecule has 3 heterocycles. The second-order valence-corrected chi connectivity index (χ2v) is 12.3. The molecule has 0 aliphatic carbocycles. The number of nitrogens with zero attached hydrogens (tertiary/aromatic N) is 1. The lowest BCUT2D eigenvalue weighted by Gasteiger charge is -2.47. The first kappa shape index (κ1) is 31.9. The predicted octanol–water partition coefficient (Wildman–Crippen LogP) is -2.60. The smallest absolute Gasteiger partial charge is 0.394 e. The molecule has 0 spiro atoms. The molecule has 7 N–H and O–H groups in total. The Hall–Kier alpha value is -0.640. The molecule has 0 amide bonds. The van der Waals surface area contributed by atoms with Crippen LogP contribution in [0.5, 0.6) is 0 Å². The number of aromatic amines is 1. The van der Waals surface area contributed by atoms with Crippen LogP contribution in [-0.2, 0) is 37.0 Å². The first-order chi connectivity index (χ1) is 17.5. The second-order valence-electron chi connectivity index (χ2n) is 8.31. The van der Waals surface area contributed by atoms with Gasteiger partial charge in [-0.15, -0.1) is 4.67 Å². The van der Waals surface area contributed by atoms with Crippen molar-refractivity contribution in [2.75, 3.05) is 13.2 Å². The van der Waals surface area contributed by atoms with Gasteiger partial charge in [-0.05, 0) is 6.92 Å². The van der Waals surface area contributed by atoms with E-state index in [1.807, 2.05) is 4.98 Å². The lowest BCUT2D eigenvalue weighted by atomic mass is 9.98. The van der Waals surface area contributed by atoms with E-state index >= 15 is 0 Å². The van der Waals surface area contributed by atoms with E-state index in [0.29, 0.717) is 0 Å². The quantitative estimate of drug-likeness (QED) is 0.0557. The van der Waals surface area contributed by atoms with Gasteiger partial charge < -0.3 is 39.7 Å². The highest BCUT2D eigenvalue weighted by molar-refractivity contribution is 7.85. The lowest BCUT2D eigenvalue weighted by Crippen LogP contribution is -2.61. The van der Waals surface area contributed by atoms with Gasteiger partial charge in [-0.3, -0.25) is 18.9 Å². The average Bonchev–Trinajstić information content (AvgIpc) is 3.07. The molecule has 2 fully saturated rings. The summed E-state index contributed by atoms with van der Waals surface area (Å²) in [6.45, 7) is -0.498. The summed E-state index contributed by atoms with van der Waals surface area (Å²) in [5.41, 5.74) is -1.68. The third kappa shape index (κ3) is 7.16. The molecule has 3 rings (SSSR count). The average molecular weight is 628 g/mol. The minimum Gasteiger partial charge on any atom is -0.394 e. The Bertz CT molecular complexity index is 1200. The van der Waals surface area contributed by atoms with Crippen LogP contribution in [0.3, 0.4) is 0 Å². The number of phosphoric acid groups is 2. The van der Waals surface area contributed by atoms with Crippen LogP contribution in [0.25, 0.3) is 0 Å². The summed E-state index contributed by atoms with van der Waals surface area (Å²) < 4.78 is 49.1. The number of thiol groups is 2. The number of aliphatic hydroxyl groups is 4. The Morgan fingerprint density at radius 2 is 1.76 bits per heavy atom. The molecule has 218 valence electrons. The number of hydrogen-bond donors (Lipinski definition) is 9. The number of hydrogen-bond acceptors (Lipinski definition) is 16. The number of aliphatic hydroxyl groups excluding tert-OH is 4. The van der Waals surface area contributed by atoms with Crippen LogP contribution < -0.4 is 11.2 Å². The molecule has 2 saturated heterocycles. The van der Waals surface area contributed by atoms with Crippen LogP contribution in [0.2, 0.25) is 0 Å². The fraction of sp³-hybridized carbons (Fsp3) is 0.750. The van der Waals surface area contributed by atoms with E-state index in [2.05, 4.69) is 39.1 Å². The third-order valence-electron chi connectivity index (χ3n) is 5.50. The lowest BCUT2D eigenvalue weighted by molar-refractivity contribution is -0.259. The van der Waals surface area contributed by atoms with Crippen LogP contribution in [0.4, 0.5) is 0 Å². The Labute approximate surface area is 224 Å². The Morgan fingerprint density at radius 1 is 1.11 bits per heavy atom. The monoisotopic (exact) mass is 628 g/mol. The molecule has 2 aliphatic heterocycles. The van der Waals surface area contributed by atoms with Crippen LogP contribution in [-0.4, -0.2) is 99.8 Å². The van der Waals surface area contributed by atoms with Crippen molar-refractivity contribution in [1.82, 2.24) is 9.55 Å². The molecule has 0 aromatic carbocycles. The largest absolute Gasteiger partial charge is 0.508 e. The summed E-state index contributed by atoms with van der Waals surface area (Å²) >= 11 is 8.24. The van der Waals surface area contributed by atoms with Crippen molar-refractivity contribution in [3.05, 3.63) is 33.1 Å². The van der Waals surface area contributed by atoms with Gasteiger partial charge in [-0.25, -0.2) is 18.8 Å². The fourth-order valence-electron chi connectivity index (χ4n) is 3.66. The van der Waals surface area contributed by atoms with E-state index in [9.17, 15) is 48.9 Å². The molecule has 38 heavy (non-hydrogen) atoms. The predicted molar refractivity (Wildman–Crippen MR) is 128 cm³/mol. The van der Waals surface area contributed by atoms with E-state index in [4.69, 9.17) is 14.0 Å². The van der Waals surface area contributed by atoms with Crippen molar-refractivity contribution in [3.8, 4) is 0 Å².